The van der Waals surface area contributed by atoms with E-state index in [1.807, 2.05) is 54.6 Å². The number of aromatic nitrogens is 4. The lowest BCUT2D eigenvalue weighted by atomic mass is 10.1. The van der Waals surface area contributed by atoms with Crippen LogP contribution in [0.3, 0.4) is 0 Å². The van der Waals surface area contributed by atoms with Crippen LogP contribution in [0.4, 0.5) is 0 Å². The summed E-state index contributed by atoms with van der Waals surface area (Å²) >= 11 is 0. The summed E-state index contributed by atoms with van der Waals surface area (Å²) < 4.78 is 6.67. The fourth-order valence-electron chi connectivity index (χ4n) is 2.24. The van der Waals surface area contributed by atoms with Crippen LogP contribution in [0.2, 0.25) is 0 Å². The molecule has 1 aromatic heterocycles. The van der Waals surface area contributed by atoms with Gasteiger partial charge in [0.15, 0.2) is 5.82 Å². The lowest BCUT2D eigenvalue weighted by Gasteiger charge is -2.11. The third-order valence-corrected chi connectivity index (χ3v) is 3.38. The van der Waals surface area contributed by atoms with E-state index in [4.69, 9.17) is 4.74 Å². The van der Waals surface area contributed by atoms with Crippen LogP contribution in [0.5, 0.6) is 5.75 Å². The number of benzene rings is 2. The Bertz CT molecular complexity index is 725. The Labute approximate surface area is 128 Å². The van der Waals surface area contributed by atoms with Gasteiger partial charge in [-0.25, -0.2) is 0 Å². The molecular formula is C16H16N4O2. The second kappa shape index (κ2) is 6.36. The van der Waals surface area contributed by atoms with Gasteiger partial charge >= 0.3 is 0 Å². The molecule has 3 aromatic rings. The van der Waals surface area contributed by atoms with Crippen molar-refractivity contribution in [3.63, 3.8) is 0 Å². The van der Waals surface area contributed by atoms with Gasteiger partial charge in [-0.15, -0.1) is 5.10 Å². The lowest BCUT2D eigenvalue weighted by molar-refractivity contribution is 0.165. The van der Waals surface area contributed by atoms with Crippen LogP contribution in [0, 0.1) is 0 Å². The molecule has 0 fully saturated rings. The number of aliphatic hydroxyl groups is 1. The molecule has 0 spiro atoms. The second-order valence-corrected chi connectivity index (χ2v) is 4.85. The van der Waals surface area contributed by atoms with Crippen LogP contribution in [-0.2, 0) is 6.42 Å². The Morgan fingerprint density at radius 1 is 1.09 bits per heavy atom. The van der Waals surface area contributed by atoms with Gasteiger partial charge in [0.1, 0.15) is 11.9 Å². The van der Waals surface area contributed by atoms with E-state index in [2.05, 4.69) is 15.5 Å². The van der Waals surface area contributed by atoms with Gasteiger partial charge in [0.05, 0.1) is 12.8 Å². The van der Waals surface area contributed by atoms with Crippen LogP contribution in [0.15, 0.2) is 54.6 Å². The molecule has 1 heterocycles. The Balaban J connectivity index is 1.84. The third kappa shape index (κ3) is 2.96. The first-order valence-electron chi connectivity index (χ1n) is 6.92. The molecule has 22 heavy (non-hydrogen) atoms. The Morgan fingerprint density at radius 2 is 1.82 bits per heavy atom. The van der Waals surface area contributed by atoms with Crippen LogP contribution in [-0.4, -0.2) is 32.4 Å². The summed E-state index contributed by atoms with van der Waals surface area (Å²) in [6, 6.07) is 17.1. The first-order valence-corrected chi connectivity index (χ1v) is 6.92. The summed E-state index contributed by atoms with van der Waals surface area (Å²) in [5, 5.41) is 22.0. The molecule has 1 atom stereocenters. The topological polar surface area (TPSA) is 73.1 Å². The highest BCUT2D eigenvalue weighted by atomic mass is 16.5. The summed E-state index contributed by atoms with van der Waals surface area (Å²) in [5.74, 6) is 1.16. The number of rotatable bonds is 5. The van der Waals surface area contributed by atoms with Crippen molar-refractivity contribution >= 4 is 0 Å². The number of aliphatic hydroxyl groups excluding tert-OH is 1. The molecule has 0 radical (unpaired) electrons. The molecule has 112 valence electrons. The van der Waals surface area contributed by atoms with Crippen LogP contribution in [0.1, 0.15) is 17.5 Å². The summed E-state index contributed by atoms with van der Waals surface area (Å²) in [5.41, 5.74) is 1.80. The molecule has 2 aromatic carbocycles. The van der Waals surface area contributed by atoms with Gasteiger partial charge in [0, 0.05) is 6.42 Å². The van der Waals surface area contributed by atoms with Crippen molar-refractivity contribution in [3.8, 4) is 11.4 Å². The summed E-state index contributed by atoms with van der Waals surface area (Å²) in [4.78, 5) is 0. The molecule has 0 aliphatic rings. The molecule has 3 rings (SSSR count). The quantitative estimate of drug-likeness (QED) is 0.779. The molecule has 0 saturated heterocycles. The fourth-order valence-corrected chi connectivity index (χ4v) is 2.24. The summed E-state index contributed by atoms with van der Waals surface area (Å²) in [6.45, 7) is 0. The van der Waals surface area contributed by atoms with E-state index in [-0.39, 0.29) is 0 Å². The van der Waals surface area contributed by atoms with Crippen molar-refractivity contribution in [1.82, 2.24) is 20.2 Å². The number of tetrazole rings is 1. The number of hydrogen-bond acceptors (Lipinski definition) is 5. The normalized spacial score (nSPS) is 12.1. The largest absolute Gasteiger partial charge is 0.497 e. The van der Waals surface area contributed by atoms with E-state index >= 15 is 0 Å². The highest BCUT2D eigenvalue weighted by Crippen LogP contribution is 2.20. The zero-order chi connectivity index (χ0) is 15.4. The maximum absolute atomic E-state index is 10.4. The standard InChI is InChI=1S/C16H16N4O2/c1-22-14-9-7-13(8-10-14)20-16(17-18-19-20)15(21)11-12-5-3-2-4-6-12/h2-10,15,21H,11H2,1H3. The van der Waals surface area contributed by atoms with Crippen molar-refractivity contribution in [2.24, 2.45) is 0 Å². The number of hydrogen-bond donors (Lipinski definition) is 1. The van der Waals surface area contributed by atoms with Crippen LogP contribution < -0.4 is 4.74 Å². The Morgan fingerprint density at radius 3 is 2.50 bits per heavy atom. The van der Waals surface area contributed by atoms with Crippen LogP contribution in [0.25, 0.3) is 5.69 Å². The highest BCUT2D eigenvalue weighted by Gasteiger charge is 2.18. The molecule has 0 aliphatic carbocycles. The molecule has 6 heteroatoms. The SMILES string of the molecule is COc1ccc(-n2nnnc2C(O)Cc2ccccc2)cc1. The Kier molecular flexibility index (Phi) is 4.11. The lowest BCUT2D eigenvalue weighted by Crippen LogP contribution is -2.11. The predicted molar refractivity (Wildman–Crippen MR) is 80.8 cm³/mol. The first kappa shape index (κ1) is 14.2. The number of methoxy groups -OCH3 is 1. The maximum Gasteiger partial charge on any atom is 0.185 e. The van der Waals surface area contributed by atoms with E-state index in [9.17, 15) is 5.11 Å². The second-order valence-electron chi connectivity index (χ2n) is 4.85. The maximum atomic E-state index is 10.4. The molecule has 1 unspecified atom stereocenters. The van der Waals surface area contributed by atoms with Crippen molar-refractivity contribution < 1.29 is 9.84 Å². The fraction of sp³-hybridized carbons (Fsp3) is 0.188. The minimum atomic E-state index is -0.778. The van der Waals surface area contributed by atoms with Gasteiger partial charge in [-0.05, 0) is 40.3 Å². The monoisotopic (exact) mass is 296 g/mol. The van der Waals surface area contributed by atoms with Crippen LogP contribution >= 0.6 is 0 Å². The average molecular weight is 296 g/mol. The van der Waals surface area contributed by atoms with E-state index < -0.39 is 6.10 Å². The van der Waals surface area contributed by atoms with Crippen molar-refractivity contribution in [3.05, 3.63) is 66.0 Å². The van der Waals surface area contributed by atoms with E-state index in [1.165, 1.54) is 4.68 Å². The molecule has 0 amide bonds. The van der Waals surface area contributed by atoms with Gasteiger partial charge < -0.3 is 9.84 Å². The smallest absolute Gasteiger partial charge is 0.185 e. The van der Waals surface area contributed by atoms with E-state index in [0.717, 1.165) is 17.0 Å². The minimum absolute atomic E-state index is 0.411. The van der Waals surface area contributed by atoms with E-state index in [0.29, 0.717) is 12.2 Å². The minimum Gasteiger partial charge on any atom is -0.497 e. The Hall–Kier alpha value is -2.73. The van der Waals surface area contributed by atoms with Gasteiger partial charge in [0.25, 0.3) is 0 Å². The van der Waals surface area contributed by atoms with E-state index in [1.54, 1.807) is 7.11 Å². The molecule has 6 nitrogen and oxygen atoms in total. The van der Waals surface area contributed by atoms with Crippen molar-refractivity contribution in [2.45, 2.75) is 12.5 Å². The highest BCUT2D eigenvalue weighted by molar-refractivity contribution is 5.37. The zero-order valence-corrected chi connectivity index (χ0v) is 12.1. The van der Waals surface area contributed by atoms with Crippen molar-refractivity contribution in [2.75, 3.05) is 7.11 Å². The van der Waals surface area contributed by atoms with Crippen molar-refractivity contribution in [1.29, 1.82) is 0 Å². The molecule has 0 bridgehead atoms. The number of nitrogens with zero attached hydrogens (tertiary/aromatic N) is 4. The van der Waals surface area contributed by atoms with Gasteiger partial charge in [0.2, 0.25) is 0 Å². The molecular weight excluding hydrogens is 280 g/mol. The van der Waals surface area contributed by atoms with Gasteiger partial charge in [-0.3, -0.25) is 0 Å². The predicted octanol–water partition coefficient (Wildman–Crippen LogP) is 1.95. The van der Waals surface area contributed by atoms with Gasteiger partial charge in [-0.1, -0.05) is 30.3 Å². The van der Waals surface area contributed by atoms with Gasteiger partial charge in [-0.2, -0.15) is 4.68 Å². The third-order valence-electron chi connectivity index (χ3n) is 3.38. The zero-order valence-electron chi connectivity index (χ0n) is 12.1. The first-order chi connectivity index (χ1) is 10.8. The molecule has 1 N–H and O–H groups in total. The average Bonchev–Trinajstić information content (AvgIpc) is 3.05. The molecule has 0 saturated carbocycles. The summed E-state index contributed by atoms with van der Waals surface area (Å²) in [7, 11) is 1.61. The molecule has 0 aliphatic heterocycles. The summed E-state index contributed by atoms with van der Waals surface area (Å²) in [6.07, 6.45) is -0.323. The number of ether oxygens (including phenoxy) is 1.